The van der Waals surface area contributed by atoms with Crippen molar-refractivity contribution in [3.63, 3.8) is 0 Å². The van der Waals surface area contributed by atoms with Crippen LogP contribution in [0.15, 0.2) is 24.3 Å². The third-order valence-electron chi connectivity index (χ3n) is 2.03. The van der Waals surface area contributed by atoms with Gasteiger partial charge in [-0.2, -0.15) is 0 Å². The van der Waals surface area contributed by atoms with Crippen LogP contribution in [-0.4, -0.2) is 11.5 Å². The van der Waals surface area contributed by atoms with Gasteiger partial charge in [-0.1, -0.05) is 12.1 Å². The molecule has 0 amide bonds. The fourth-order valence-electron chi connectivity index (χ4n) is 1.24. The molecule has 0 aliphatic heterocycles. The molecule has 1 rings (SSSR count). The summed E-state index contributed by atoms with van der Waals surface area (Å²) in [5, 5.41) is 10.7. The molecule has 0 unspecified atom stereocenters. The van der Waals surface area contributed by atoms with Crippen LogP contribution in [0.3, 0.4) is 0 Å². The summed E-state index contributed by atoms with van der Waals surface area (Å²) in [6.45, 7) is 0.451. The fraction of sp³-hybridized carbons (Fsp3) is 0.333. The molecule has 0 aliphatic carbocycles. The van der Waals surface area contributed by atoms with Crippen LogP contribution in [0.2, 0.25) is 0 Å². The van der Waals surface area contributed by atoms with Crippen LogP contribution in [0.1, 0.15) is 19.3 Å². The average Bonchev–Trinajstić information content (AvgIpc) is 2.29. The Morgan fingerprint density at radius 3 is 2.81 bits per heavy atom. The minimum absolute atomic E-state index is 0.000509. The first-order valence-electron chi connectivity index (χ1n) is 5.05. The Kier molecular flexibility index (Phi) is 4.87. The number of nitro groups is 1. The molecule has 4 heteroatoms. The molecule has 0 aliphatic rings. The number of benzene rings is 1. The predicted octanol–water partition coefficient (Wildman–Crippen LogP) is 2.78. The first kappa shape index (κ1) is 12.1. The highest BCUT2D eigenvalue weighted by Crippen LogP contribution is 2.25. The van der Waals surface area contributed by atoms with Gasteiger partial charge in [-0.15, -0.1) is 12.3 Å². The molecule has 0 aromatic heterocycles. The largest absolute Gasteiger partial charge is 0.487 e. The van der Waals surface area contributed by atoms with Gasteiger partial charge in [0.05, 0.1) is 11.5 Å². The van der Waals surface area contributed by atoms with Crippen LogP contribution in [0.25, 0.3) is 0 Å². The second kappa shape index (κ2) is 6.46. The summed E-state index contributed by atoms with van der Waals surface area (Å²) in [6, 6.07) is 6.35. The van der Waals surface area contributed by atoms with Crippen LogP contribution in [0, 0.1) is 22.5 Å². The lowest BCUT2D eigenvalue weighted by atomic mass is 10.2. The number of nitro benzene ring substituents is 1. The van der Waals surface area contributed by atoms with Gasteiger partial charge in [0.1, 0.15) is 0 Å². The summed E-state index contributed by atoms with van der Waals surface area (Å²) in [7, 11) is 0. The van der Waals surface area contributed by atoms with Crippen molar-refractivity contribution in [1.29, 1.82) is 0 Å². The minimum Gasteiger partial charge on any atom is -0.487 e. The van der Waals surface area contributed by atoms with E-state index in [0.29, 0.717) is 18.8 Å². The van der Waals surface area contributed by atoms with Gasteiger partial charge in [-0.3, -0.25) is 10.1 Å². The van der Waals surface area contributed by atoms with Crippen LogP contribution in [-0.2, 0) is 0 Å². The smallest absolute Gasteiger partial charge is 0.310 e. The van der Waals surface area contributed by atoms with Crippen molar-refractivity contribution in [2.75, 3.05) is 6.61 Å². The summed E-state index contributed by atoms with van der Waals surface area (Å²) in [5.41, 5.74) is -0.000509. The van der Waals surface area contributed by atoms with E-state index in [1.165, 1.54) is 6.07 Å². The van der Waals surface area contributed by atoms with Gasteiger partial charge in [0.15, 0.2) is 5.75 Å². The molecule has 0 fully saturated rings. The number of ether oxygens (including phenoxy) is 1. The topological polar surface area (TPSA) is 52.4 Å². The maximum atomic E-state index is 10.7. The predicted molar refractivity (Wildman–Crippen MR) is 61.3 cm³/mol. The van der Waals surface area contributed by atoms with Gasteiger partial charge in [0.25, 0.3) is 0 Å². The molecule has 84 valence electrons. The Hall–Kier alpha value is -2.02. The van der Waals surface area contributed by atoms with E-state index < -0.39 is 4.92 Å². The summed E-state index contributed by atoms with van der Waals surface area (Å²) >= 11 is 0. The zero-order valence-corrected chi connectivity index (χ0v) is 8.89. The van der Waals surface area contributed by atoms with E-state index in [-0.39, 0.29) is 5.69 Å². The first-order chi connectivity index (χ1) is 7.75. The van der Waals surface area contributed by atoms with E-state index in [9.17, 15) is 10.1 Å². The molecule has 0 bridgehead atoms. The van der Waals surface area contributed by atoms with Crippen LogP contribution in [0.4, 0.5) is 5.69 Å². The molecule has 0 N–H and O–H groups in total. The van der Waals surface area contributed by atoms with Gasteiger partial charge >= 0.3 is 5.69 Å². The third kappa shape index (κ3) is 3.62. The van der Waals surface area contributed by atoms with Gasteiger partial charge in [-0.25, -0.2) is 0 Å². The van der Waals surface area contributed by atoms with Gasteiger partial charge in [0.2, 0.25) is 0 Å². The van der Waals surface area contributed by atoms with Gasteiger partial charge in [0, 0.05) is 12.5 Å². The molecule has 0 atom stereocenters. The zero-order chi connectivity index (χ0) is 11.8. The standard InChI is InChI=1S/C12H13NO3/c1-2-3-4-7-10-16-12-9-6-5-8-11(12)13(14)15/h1,5-6,8-9H,3-4,7,10H2. The van der Waals surface area contributed by atoms with Crippen molar-refractivity contribution in [2.45, 2.75) is 19.3 Å². The molecular weight excluding hydrogens is 206 g/mol. The zero-order valence-electron chi connectivity index (χ0n) is 8.89. The Morgan fingerprint density at radius 2 is 2.12 bits per heavy atom. The SMILES string of the molecule is C#CCCCCOc1ccccc1[N+](=O)[O-]. The normalized spacial score (nSPS) is 9.44. The number of nitrogens with zero attached hydrogens (tertiary/aromatic N) is 1. The molecule has 0 radical (unpaired) electrons. The lowest BCUT2D eigenvalue weighted by molar-refractivity contribution is -0.385. The van der Waals surface area contributed by atoms with Crippen molar-refractivity contribution < 1.29 is 9.66 Å². The van der Waals surface area contributed by atoms with Gasteiger partial charge < -0.3 is 4.74 Å². The van der Waals surface area contributed by atoms with Crippen LogP contribution < -0.4 is 4.74 Å². The van der Waals surface area contributed by atoms with Crippen molar-refractivity contribution in [1.82, 2.24) is 0 Å². The molecule has 16 heavy (non-hydrogen) atoms. The number of hydrogen-bond acceptors (Lipinski definition) is 3. The number of para-hydroxylation sites is 2. The summed E-state index contributed by atoms with van der Waals surface area (Å²) in [5.74, 6) is 2.85. The van der Waals surface area contributed by atoms with Crippen LogP contribution >= 0.6 is 0 Å². The molecule has 0 saturated heterocycles. The third-order valence-corrected chi connectivity index (χ3v) is 2.03. The molecular formula is C12H13NO3. The number of rotatable bonds is 6. The maximum Gasteiger partial charge on any atom is 0.310 e. The Morgan fingerprint density at radius 1 is 1.38 bits per heavy atom. The van der Waals surface area contributed by atoms with Gasteiger partial charge in [-0.05, 0) is 18.9 Å². The Labute approximate surface area is 94.4 Å². The quantitative estimate of drug-likeness (QED) is 0.320. The number of hydrogen-bond donors (Lipinski definition) is 0. The molecule has 0 heterocycles. The second-order valence-electron chi connectivity index (χ2n) is 3.23. The fourth-order valence-corrected chi connectivity index (χ4v) is 1.24. The molecule has 0 spiro atoms. The van der Waals surface area contributed by atoms with Crippen molar-refractivity contribution in [2.24, 2.45) is 0 Å². The van der Waals surface area contributed by atoms with E-state index in [0.717, 1.165) is 12.8 Å². The highest BCUT2D eigenvalue weighted by molar-refractivity contribution is 5.45. The van der Waals surface area contributed by atoms with E-state index in [1.807, 2.05) is 0 Å². The van der Waals surface area contributed by atoms with Crippen molar-refractivity contribution in [3.05, 3.63) is 34.4 Å². The Bertz CT molecular complexity index is 395. The number of unbranched alkanes of at least 4 members (excludes halogenated alkanes) is 2. The molecule has 1 aromatic rings. The van der Waals surface area contributed by atoms with E-state index in [2.05, 4.69) is 5.92 Å². The maximum absolute atomic E-state index is 10.7. The van der Waals surface area contributed by atoms with E-state index in [1.54, 1.807) is 18.2 Å². The molecule has 1 aromatic carbocycles. The summed E-state index contributed by atoms with van der Waals surface area (Å²) < 4.78 is 5.33. The van der Waals surface area contributed by atoms with E-state index in [4.69, 9.17) is 11.2 Å². The monoisotopic (exact) mass is 219 g/mol. The molecule has 0 saturated carbocycles. The Balaban J connectivity index is 2.47. The first-order valence-corrected chi connectivity index (χ1v) is 5.05. The summed E-state index contributed by atoms with van der Waals surface area (Å²) in [6.07, 6.45) is 7.49. The van der Waals surface area contributed by atoms with Crippen molar-refractivity contribution in [3.8, 4) is 18.1 Å². The average molecular weight is 219 g/mol. The lowest BCUT2D eigenvalue weighted by Crippen LogP contribution is -2.00. The number of terminal acetylenes is 1. The highest BCUT2D eigenvalue weighted by Gasteiger charge is 2.12. The lowest BCUT2D eigenvalue weighted by Gasteiger charge is -2.05. The highest BCUT2D eigenvalue weighted by atomic mass is 16.6. The van der Waals surface area contributed by atoms with Crippen molar-refractivity contribution >= 4 is 5.69 Å². The summed E-state index contributed by atoms with van der Waals surface area (Å²) in [4.78, 5) is 10.2. The minimum atomic E-state index is -0.448. The van der Waals surface area contributed by atoms with Crippen LogP contribution in [0.5, 0.6) is 5.75 Å². The molecule has 4 nitrogen and oxygen atoms in total. The second-order valence-corrected chi connectivity index (χ2v) is 3.23. The van der Waals surface area contributed by atoms with E-state index >= 15 is 0 Å².